The fraction of sp³-hybridized carbons (Fsp3) is 0.217. The molecule has 136 valence electrons. The van der Waals surface area contributed by atoms with Crippen molar-refractivity contribution in [2.75, 3.05) is 0 Å². The molecule has 0 radical (unpaired) electrons. The summed E-state index contributed by atoms with van der Waals surface area (Å²) in [5.41, 5.74) is 4.40. The van der Waals surface area contributed by atoms with E-state index in [2.05, 4.69) is 40.3 Å². The van der Waals surface area contributed by atoms with E-state index < -0.39 is 5.69 Å². The summed E-state index contributed by atoms with van der Waals surface area (Å²) in [6, 6.07) is 20.3. The van der Waals surface area contributed by atoms with Crippen LogP contribution in [0.1, 0.15) is 47.6 Å². The maximum atomic E-state index is 12.5. The molecule has 0 saturated heterocycles. The van der Waals surface area contributed by atoms with Gasteiger partial charge in [-0.05, 0) is 36.0 Å². The van der Waals surface area contributed by atoms with Crippen LogP contribution in [0.5, 0.6) is 0 Å². The van der Waals surface area contributed by atoms with Gasteiger partial charge in [0.1, 0.15) is 0 Å². The molecule has 4 nitrogen and oxygen atoms in total. The number of nitrogens with one attached hydrogen (secondary N) is 2. The van der Waals surface area contributed by atoms with Crippen molar-refractivity contribution in [2.24, 2.45) is 0 Å². The minimum absolute atomic E-state index is 0.158. The second-order valence-corrected chi connectivity index (χ2v) is 7.03. The summed E-state index contributed by atoms with van der Waals surface area (Å²) in [6.45, 7) is 0. The quantitative estimate of drug-likeness (QED) is 0.740. The molecule has 0 aliphatic heterocycles. The second-order valence-electron chi connectivity index (χ2n) is 7.03. The molecule has 1 aromatic heterocycles. The lowest BCUT2D eigenvalue weighted by Gasteiger charge is -2.24. The molecule has 1 aliphatic carbocycles. The number of aromatic amines is 2. The van der Waals surface area contributed by atoms with Crippen LogP contribution in [-0.2, 0) is 6.42 Å². The summed E-state index contributed by atoms with van der Waals surface area (Å²) in [6.07, 6.45) is 5.45. The van der Waals surface area contributed by atoms with Gasteiger partial charge in [-0.15, -0.1) is 0 Å². The Morgan fingerprint density at radius 1 is 0.889 bits per heavy atom. The molecule has 3 aromatic rings. The van der Waals surface area contributed by atoms with Gasteiger partial charge in [0.25, 0.3) is 5.56 Å². The number of aromatic nitrogens is 2. The minimum Gasteiger partial charge on any atom is -0.311 e. The molecular formula is C23H22N2O2. The molecule has 0 fully saturated rings. The van der Waals surface area contributed by atoms with Crippen molar-refractivity contribution >= 4 is 5.57 Å². The summed E-state index contributed by atoms with van der Waals surface area (Å²) >= 11 is 0. The van der Waals surface area contributed by atoms with Crippen LogP contribution in [0.3, 0.4) is 0 Å². The van der Waals surface area contributed by atoms with E-state index >= 15 is 0 Å². The Kier molecular flexibility index (Phi) is 4.88. The average Bonchev–Trinajstić information content (AvgIpc) is 2.71. The standard InChI is InChI=1S/C23H22N2O2/c26-22-20(15-16-7-3-1-4-8-16)21(24-23(27)25-22)19-13-11-18(12-14-19)17-9-5-2-6-10-17/h1-11,19H,12-15H2,(H2,24,25,26,27). The third kappa shape index (κ3) is 3.85. The van der Waals surface area contributed by atoms with Gasteiger partial charge in [0.15, 0.2) is 0 Å². The van der Waals surface area contributed by atoms with Gasteiger partial charge in [-0.1, -0.05) is 66.7 Å². The Bertz CT molecular complexity index is 1060. The fourth-order valence-electron chi connectivity index (χ4n) is 3.86. The van der Waals surface area contributed by atoms with Crippen LogP contribution in [0.25, 0.3) is 5.57 Å². The molecule has 1 aliphatic rings. The largest absolute Gasteiger partial charge is 0.325 e. The Labute approximate surface area is 157 Å². The summed E-state index contributed by atoms with van der Waals surface area (Å²) in [7, 11) is 0. The lowest BCUT2D eigenvalue weighted by atomic mass is 9.83. The van der Waals surface area contributed by atoms with Crippen LogP contribution in [0.2, 0.25) is 0 Å². The number of rotatable bonds is 4. The van der Waals surface area contributed by atoms with Crippen LogP contribution in [0, 0.1) is 0 Å². The van der Waals surface area contributed by atoms with Crippen molar-refractivity contribution in [3.05, 3.63) is 110 Å². The Morgan fingerprint density at radius 3 is 2.26 bits per heavy atom. The van der Waals surface area contributed by atoms with Crippen LogP contribution in [0.15, 0.2) is 76.3 Å². The summed E-state index contributed by atoms with van der Waals surface area (Å²) < 4.78 is 0. The number of hydrogen-bond donors (Lipinski definition) is 2. The van der Waals surface area contributed by atoms with E-state index in [0.717, 1.165) is 30.5 Å². The lowest BCUT2D eigenvalue weighted by molar-refractivity contribution is 0.596. The van der Waals surface area contributed by atoms with Crippen molar-refractivity contribution in [3.8, 4) is 0 Å². The van der Waals surface area contributed by atoms with E-state index in [1.807, 2.05) is 36.4 Å². The first kappa shape index (κ1) is 17.3. The maximum Gasteiger partial charge on any atom is 0.325 e. The first-order valence-electron chi connectivity index (χ1n) is 9.34. The summed E-state index contributed by atoms with van der Waals surface area (Å²) in [4.78, 5) is 29.7. The highest BCUT2D eigenvalue weighted by Crippen LogP contribution is 2.35. The predicted octanol–water partition coefficient (Wildman–Crippen LogP) is 4.01. The summed E-state index contributed by atoms with van der Waals surface area (Å²) in [5, 5.41) is 0. The smallest absolute Gasteiger partial charge is 0.311 e. The van der Waals surface area contributed by atoms with Crippen molar-refractivity contribution in [1.82, 2.24) is 9.97 Å². The highest BCUT2D eigenvalue weighted by atomic mass is 16.2. The van der Waals surface area contributed by atoms with E-state index in [9.17, 15) is 9.59 Å². The van der Waals surface area contributed by atoms with Gasteiger partial charge >= 0.3 is 5.69 Å². The zero-order valence-corrected chi connectivity index (χ0v) is 15.1. The molecule has 4 rings (SSSR count). The molecule has 4 heteroatoms. The lowest BCUT2D eigenvalue weighted by Crippen LogP contribution is -2.29. The third-order valence-corrected chi connectivity index (χ3v) is 5.26. The van der Waals surface area contributed by atoms with Gasteiger partial charge in [0, 0.05) is 23.6 Å². The van der Waals surface area contributed by atoms with Crippen molar-refractivity contribution in [1.29, 1.82) is 0 Å². The normalized spacial score (nSPS) is 16.7. The molecule has 27 heavy (non-hydrogen) atoms. The molecule has 1 unspecified atom stereocenters. The highest BCUT2D eigenvalue weighted by molar-refractivity contribution is 5.66. The molecule has 0 bridgehead atoms. The van der Waals surface area contributed by atoms with Crippen molar-refractivity contribution in [3.63, 3.8) is 0 Å². The Morgan fingerprint density at radius 2 is 1.59 bits per heavy atom. The van der Waals surface area contributed by atoms with Gasteiger partial charge in [0.05, 0.1) is 0 Å². The SMILES string of the molecule is O=c1[nH]c(C2CC=C(c3ccccc3)CC2)c(Cc2ccccc2)c(=O)[nH]1. The zero-order valence-electron chi connectivity index (χ0n) is 15.1. The number of benzene rings is 2. The van der Waals surface area contributed by atoms with E-state index in [4.69, 9.17) is 0 Å². The average molecular weight is 358 g/mol. The number of allylic oxidation sites excluding steroid dienone is 2. The van der Waals surface area contributed by atoms with Gasteiger partial charge in [0.2, 0.25) is 0 Å². The van der Waals surface area contributed by atoms with Crippen LogP contribution in [-0.4, -0.2) is 9.97 Å². The first-order valence-corrected chi connectivity index (χ1v) is 9.34. The predicted molar refractivity (Wildman–Crippen MR) is 108 cm³/mol. The number of hydrogen-bond acceptors (Lipinski definition) is 2. The van der Waals surface area contributed by atoms with Gasteiger partial charge in [-0.3, -0.25) is 9.78 Å². The molecule has 2 N–H and O–H groups in total. The third-order valence-electron chi connectivity index (χ3n) is 5.26. The van der Waals surface area contributed by atoms with Crippen molar-refractivity contribution in [2.45, 2.75) is 31.6 Å². The molecule has 1 atom stereocenters. The molecular weight excluding hydrogens is 336 g/mol. The van der Waals surface area contributed by atoms with Gasteiger partial charge in [-0.2, -0.15) is 0 Å². The van der Waals surface area contributed by atoms with Crippen LogP contribution >= 0.6 is 0 Å². The topological polar surface area (TPSA) is 65.7 Å². The Balaban J connectivity index is 1.65. The molecule has 0 saturated carbocycles. The van der Waals surface area contributed by atoms with Crippen LogP contribution < -0.4 is 11.2 Å². The maximum absolute atomic E-state index is 12.5. The van der Waals surface area contributed by atoms with Crippen LogP contribution in [0.4, 0.5) is 0 Å². The van der Waals surface area contributed by atoms with E-state index in [1.54, 1.807) is 0 Å². The van der Waals surface area contributed by atoms with Gasteiger partial charge < -0.3 is 4.98 Å². The van der Waals surface area contributed by atoms with E-state index in [1.165, 1.54) is 11.1 Å². The molecule has 0 spiro atoms. The molecule has 1 heterocycles. The minimum atomic E-state index is -0.426. The monoisotopic (exact) mass is 358 g/mol. The second kappa shape index (κ2) is 7.62. The molecule has 2 aromatic carbocycles. The first-order chi connectivity index (χ1) is 13.2. The highest BCUT2D eigenvalue weighted by Gasteiger charge is 2.22. The fourth-order valence-corrected chi connectivity index (χ4v) is 3.86. The van der Waals surface area contributed by atoms with Gasteiger partial charge in [-0.25, -0.2) is 4.79 Å². The van der Waals surface area contributed by atoms with E-state index in [-0.39, 0.29) is 11.5 Å². The molecule has 0 amide bonds. The van der Waals surface area contributed by atoms with E-state index in [0.29, 0.717) is 12.0 Å². The zero-order chi connectivity index (χ0) is 18.6. The summed E-state index contributed by atoms with van der Waals surface area (Å²) in [5.74, 6) is 0.158. The number of H-pyrrole nitrogens is 2. The Hall–Kier alpha value is -3.14. The van der Waals surface area contributed by atoms with Crippen molar-refractivity contribution < 1.29 is 0 Å².